The molecule has 1 aromatic rings. The highest BCUT2D eigenvalue weighted by atomic mass is 14.9. The first-order valence-electron chi connectivity index (χ1n) is 6.62. The van der Waals surface area contributed by atoms with Crippen LogP contribution < -0.4 is 5.73 Å². The van der Waals surface area contributed by atoms with E-state index in [0.29, 0.717) is 6.42 Å². The lowest BCUT2D eigenvalue weighted by atomic mass is 10.1. The standard InChI is InChI=1S/C14H21N3/c15-8-4-1-5-9-17-10-12-6-2-3-7-14(16)13(12)11-17/h10-11,14H,1-7,9,16H2. The number of nitrogens with zero attached hydrogens (tertiary/aromatic N) is 2. The Morgan fingerprint density at radius 2 is 2.24 bits per heavy atom. The highest BCUT2D eigenvalue weighted by molar-refractivity contribution is 5.28. The maximum atomic E-state index is 8.49. The summed E-state index contributed by atoms with van der Waals surface area (Å²) < 4.78 is 2.26. The van der Waals surface area contributed by atoms with Gasteiger partial charge < -0.3 is 10.3 Å². The van der Waals surface area contributed by atoms with Crippen LogP contribution in [-0.2, 0) is 13.0 Å². The number of aryl methyl sites for hydroxylation is 2. The SMILES string of the molecule is N#CCCCCn1cc2c(c1)C(N)CCCC2. The largest absolute Gasteiger partial charge is 0.354 e. The zero-order valence-corrected chi connectivity index (χ0v) is 10.4. The lowest BCUT2D eigenvalue weighted by Crippen LogP contribution is -2.09. The third-order valence-corrected chi connectivity index (χ3v) is 3.56. The third-order valence-electron chi connectivity index (χ3n) is 3.56. The van der Waals surface area contributed by atoms with Crippen LogP contribution in [0.1, 0.15) is 55.7 Å². The second-order valence-corrected chi connectivity index (χ2v) is 4.94. The predicted octanol–water partition coefficient (Wildman–Crippen LogP) is 2.91. The second kappa shape index (κ2) is 5.88. The quantitative estimate of drug-likeness (QED) is 0.640. The first-order chi connectivity index (χ1) is 8.31. The maximum Gasteiger partial charge on any atom is 0.0621 e. The van der Waals surface area contributed by atoms with Gasteiger partial charge in [-0.2, -0.15) is 5.26 Å². The van der Waals surface area contributed by atoms with Crippen molar-refractivity contribution in [3.8, 4) is 6.07 Å². The van der Waals surface area contributed by atoms with Gasteiger partial charge in [0.2, 0.25) is 0 Å². The molecule has 0 bridgehead atoms. The summed E-state index contributed by atoms with van der Waals surface area (Å²) in [4.78, 5) is 0. The summed E-state index contributed by atoms with van der Waals surface area (Å²) in [6, 6.07) is 2.42. The van der Waals surface area contributed by atoms with Gasteiger partial charge in [-0.05, 0) is 43.2 Å². The van der Waals surface area contributed by atoms with E-state index in [0.717, 1.165) is 25.8 Å². The highest BCUT2D eigenvalue weighted by Crippen LogP contribution is 2.27. The van der Waals surface area contributed by atoms with Crippen molar-refractivity contribution in [1.82, 2.24) is 4.57 Å². The van der Waals surface area contributed by atoms with Crippen LogP contribution in [0.25, 0.3) is 0 Å². The van der Waals surface area contributed by atoms with Crippen molar-refractivity contribution in [3.05, 3.63) is 23.5 Å². The summed E-state index contributed by atoms with van der Waals surface area (Å²) in [7, 11) is 0. The maximum absolute atomic E-state index is 8.49. The van der Waals surface area contributed by atoms with Gasteiger partial charge in [0.25, 0.3) is 0 Å². The van der Waals surface area contributed by atoms with E-state index < -0.39 is 0 Å². The molecule has 2 N–H and O–H groups in total. The fourth-order valence-electron chi connectivity index (χ4n) is 2.58. The summed E-state index contributed by atoms with van der Waals surface area (Å²) in [5.41, 5.74) is 8.97. The van der Waals surface area contributed by atoms with Crippen molar-refractivity contribution < 1.29 is 0 Å². The van der Waals surface area contributed by atoms with E-state index >= 15 is 0 Å². The molecule has 2 rings (SSSR count). The minimum Gasteiger partial charge on any atom is -0.354 e. The van der Waals surface area contributed by atoms with Gasteiger partial charge in [-0.3, -0.25) is 0 Å². The van der Waals surface area contributed by atoms with Crippen molar-refractivity contribution >= 4 is 0 Å². The number of rotatable bonds is 4. The molecule has 0 aliphatic heterocycles. The fourth-order valence-corrected chi connectivity index (χ4v) is 2.58. The van der Waals surface area contributed by atoms with Gasteiger partial charge in [0.15, 0.2) is 0 Å². The molecule has 0 spiro atoms. The van der Waals surface area contributed by atoms with E-state index in [1.54, 1.807) is 0 Å². The monoisotopic (exact) mass is 231 g/mol. The van der Waals surface area contributed by atoms with Crippen LogP contribution >= 0.6 is 0 Å². The molecule has 0 aromatic carbocycles. The van der Waals surface area contributed by atoms with Crippen molar-refractivity contribution in [2.24, 2.45) is 5.73 Å². The summed E-state index contributed by atoms with van der Waals surface area (Å²) in [5.74, 6) is 0. The molecule has 0 saturated heterocycles. The van der Waals surface area contributed by atoms with Crippen LogP contribution in [0, 0.1) is 11.3 Å². The molecule has 1 heterocycles. The Labute approximate surface area is 103 Å². The van der Waals surface area contributed by atoms with Gasteiger partial charge >= 0.3 is 0 Å². The molecule has 1 aliphatic carbocycles. The predicted molar refractivity (Wildman–Crippen MR) is 68.4 cm³/mol. The van der Waals surface area contributed by atoms with Crippen LogP contribution in [0.2, 0.25) is 0 Å². The van der Waals surface area contributed by atoms with Gasteiger partial charge in [0, 0.05) is 31.4 Å². The molecule has 0 radical (unpaired) electrons. The summed E-state index contributed by atoms with van der Waals surface area (Å²) >= 11 is 0. The molecule has 3 nitrogen and oxygen atoms in total. The molecule has 92 valence electrons. The third kappa shape index (κ3) is 3.10. The van der Waals surface area contributed by atoms with Crippen molar-refractivity contribution in [3.63, 3.8) is 0 Å². The van der Waals surface area contributed by atoms with Crippen LogP contribution in [0.5, 0.6) is 0 Å². The van der Waals surface area contributed by atoms with E-state index in [-0.39, 0.29) is 6.04 Å². The summed E-state index contributed by atoms with van der Waals surface area (Å²) in [5, 5.41) is 8.49. The molecule has 0 saturated carbocycles. The highest BCUT2D eigenvalue weighted by Gasteiger charge is 2.16. The fraction of sp³-hybridized carbons (Fsp3) is 0.643. The molecule has 1 unspecified atom stereocenters. The molecular weight excluding hydrogens is 210 g/mol. The Kier molecular flexibility index (Phi) is 4.22. The number of nitriles is 1. The minimum absolute atomic E-state index is 0.229. The van der Waals surface area contributed by atoms with Gasteiger partial charge in [0.1, 0.15) is 0 Å². The van der Waals surface area contributed by atoms with Gasteiger partial charge in [0.05, 0.1) is 6.07 Å². The molecule has 1 aromatic heterocycles. The summed E-state index contributed by atoms with van der Waals surface area (Å²) in [6.45, 7) is 1.02. The number of aromatic nitrogens is 1. The molecule has 17 heavy (non-hydrogen) atoms. The van der Waals surface area contributed by atoms with E-state index in [1.165, 1.54) is 30.4 Å². The average Bonchev–Trinajstić information content (AvgIpc) is 2.66. The number of hydrogen-bond donors (Lipinski definition) is 1. The van der Waals surface area contributed by atoms with Crippen LogP contribution in [0.4, 0.5) is 0 Å². The first kappa shape index (κ1) is 12.2. The van der Waals surface area contributed by atoms with Crippen LogP contribution in [0.15, 0.2) is 12.4 Å². The lowest BCUT2D eigenvalue weighted by molar-refractivity contribution is 0.593. The molecule has 3 heteroatoms. The Morgan fingerprint density at radius 1 is 1.35 bits per heavy atom. The Hall–Kier alpha value is -1.27. The number of fused-ring (bicyclic) bond motifs is 1. The Bertz CT molecular complexity index is 400. The van der Waals surface area contributed by atoms with Crippen molar-refractivity contribution in [1.29, 1.82) is 5.26 Å². The zero-order valence-electron chi connectivity index (χ0n) is 10.4. The Morgan fingerprint density at radius 3 is 3.06 bits per heavy atom. The van der Waals surface area contributed by atoms with E-state index in [2.05, 4.69) is 23.0 Å². The second-order valence-electron chi connectivity index (χ2n) is 4.94. The smallest absolute Gasteiger partial charge is 0.0621 e. The first-order valence-corrected chi connectivity index (χ1v) is 6.62. The number of nitrogens with two attached hydrogens (primary N) is 1. The van der Waals surface area contributed by atoms with Gasteiger partial charge in [-0.1, -0.05) is 6.42 Å². The summed E-state index contributed by atoms with van der Waals surface area (Å²) in [6.07, 6.45) is 12.0. The molecule has 0 amide bonds. The number of hydrogen-bond acceptors (Lipinski definition) is 2. The molecule has 1 aliphatic rings. The van der Waals surface area contributed by atoms with E-state index in [9.17, 15) is 0 Å². The molecule has 0 fully saturated rings. The average molecular weight is 231 g/mol. The van der Waals surface area contributed by atoms with Crippen molar-refractivity contribution in [2.75, 3.05) is 0 Å². The normalized spacial score (nSPS) is 19.4. The molecular formula is C14H21N3. The van der Waals surface area contributed by atoms with Crippen LogP contribution in [0.3, 0.4) is 0 Å². The Balaban J connectivity index is 1.97. The van der Waals surface area contributed by atoms with Crippen molar-refractivity contribution in [2.45, 2.75) is 57.5 Å². The van der Waals surface area contributed by atoms with E-state index in [4.69, 9.17) is 11.0 Å². The zero-order chi connectivity index (χ0) is 12.1. The minimum atomic E-state index is 0.229. The van der Waals surface area contributed by atoms with Crippen LogP contribution in [-0.4, -0.2) is 4.57 Å². The van der Waals surface area contributed by atoms with Gasteiger partial charge in [-0.25, -0.2) is 0 Å². The molecule has 1 atom stereocenters. The van der Waals surface area contributed by atoms with E-state index in [1.807, 2.05) is 0 Å². The number of unbranched alkanes of at least 4 members (excludes halogenated alkanes) is 2. The topological polar surface area (TPSA) is 54.7 Å². The van der Waals surface area contributed by atoms with Gasteiger partial charge in [-0.15, -0.1) is 0 Å². The lowest BCUT2D eigenvalue weighted by Gasteiger charge is -2.07.